The van der Waals surface area contributed by atoms with Crippen molar-refractivity contribution in [3.63, 3.8) is 0 Å². The summed E-state index contributed by atoms with van der Waals surface area (Å²) in [5, 5.41) is 8.66. The van der Waals surface area contributed by atoms with Crippen LogP contribution in [0.4, 0.5) is 9.18 Å². The van der Waals surface area contributed by atoms with Crippen LogP contribution in [0.1, 0.15) is 26.7 Å². The van der Waals surface area contributed by atoms with Crippen LogP contribution in [0.5, 0.6) is 0 Å². The second-order valence-corrected chi connectivity index (χ2v) is 9.02. The number of H-pyrrole nitrogens is 1. The predicted octanol–water partition coefficient (Wildman–Crippen LogP) is 5.24. The fraction of sp³-hybridized carbons (Fsp3) is 0.476. The largest absolute Gasteiger partial charge is 0.470 e. The van der Waals surface area contributed by atoms with Gasteiger partial charge in [-0.25, -0.2) is 14.2 Å². The van der Waals surface area contributed by atoms with Gasteiger partial charge in [-0.15, -0.1) is 11.8 Å². The van der Waals surface area contributed by atoms with E-state index in [2.05, 4.69) is 9.97 Å². The first-order chi connectivity index (χ1) is 14.9. The lowest BCUT2D eigenvalue weighted by molar-refractivity contribution is 0.0634. The molecular weight excluding hydrogens is 439 g/mol. The summed E-state index contributed by atoms with van der Waals surface area (Å²) in [5.74, 6) is -0.0657. The number of carbonyl (C=O) groups excluding carboxylic acids is 1. The van der Waals surface area contributed by atoms with Crippen molar-refractivity contribution in [1.29, 1.82) is 5.41 Å². The predicted molar refractivity (Wildman–Crippen MR) is 121 cm³/mol. The average molecular weight is 467 g/mol. The molecule has 0 spiro atoms. The highest BCUT2D eigenvalue weighted by Gasteiger charge is 2.28. The molecule has 2 aromatic rings. The maximum absolute atomic E-state index is 14.3. The maximum Gasteiger partial charge on any atom is 0.409 e. The van der Waals surface area contributed by atoms with Crippen molar-refractivity contribution in [2.24, 2.45) is 5.92 Å². The summed E-state index contributed by atoms with van der Waals surface area (Å²) >= 11 is 2.54. The van der Waals surface area contributed by atoms with Crippen LogP contribution in [-0.2, 0) is 9.47 Å². The molecule has 0 radical (unpaired) electrons. The molecule has 31 heavy (non-hydrogen) atoms. The first-order valence-electron chi connectivity index (χ1n) is 10.1. The number of amides is 1. The first-order valence-corrected chi connectivity index (χ1v) is 12.2. The molecule has 2 N–H and O–H groups in total. The number of nitrogens with zero attached hydrogens (tertiary/aromatic N) is 2. The standard InChI is InChI=1S/C21H27FN4O3S2/c1-4-28-21(27)26-9-7-14(8-10-26)13(2)29-19(23)31-20-24-12-18(25-20)16-6-5-15(30-3)11-17(16)22/h5-6,11-14,23H,4,7-10H2,1-3H3,(H,24,25). The van der Waals surface area contributed by atoms with E-state index >= 15 is 0 Å². The van der Waals surface area contributed by atoms with Gasteiger partial charge in [-0.2, -0.15) is 0 Å². The molecule has 1 saturated heterocycles. The zero-order valence-corrected chi connectivity index (χ0v) is 19.4. The number of halogens is 1. The monoisotopic (exact) mass is 466 g/mol. The topological polar surface area (TPSA) is 91.3 Å². The van der Waals surface area contributed by atoms with Gasteiger partial charge in [-0.3, -0.25) is 5.41 Å². The molecule has 168 valence electrons. The number of hydrogen-bond acceptors (Lipinski definition) is 7. The van der Waals surface area contributed by atoms with Gasteiger partial charge in [-0.05, 0) is 57.1 Å². The van der Waals surface area contributed by atoms with Gasteiger partial charge in [0.25, 0.3) is 5.23 Å². The lowest BCUT2D eigenvalue weighted by Gasteiger charge is -2.34. The minimum Gasteiger partial charge on any atom is -0.470 e. The summed E-state index contributed by atoms with van der Waals surface area (Å²) in [6.45, 7) is 5.36. The number of thioether (sulfide) groups is 2. The molecule has 1 aromatic carbocycles. The van der Waals surface area contributed by atoms with Crippen LogP contribution < -0.4 is 0 Å². The molecule has 1 unspecified atom stereocenters. The van der Waals surface area contributed by atoms with Crippen molar-refractivity contribution in [1.82, 2.24) is 14.9 Å². The number of rotatable bonds is 6. The quantitative estimate of drug-likeness (QED) is 0.344. The van der Waals surface area contributed by atoms with E-state index in [1.807, 2.05) is 19.2 Å². The van der Waals surface area contributed by atoms with Crippen LogP contribution in [-0.4, -0.2) is 58.2 Å². The molecule has 3 rings (SSSR count). The lowest BCUT2D eigenvalue weighted by atomic mass is 9.92. The number of ether oxygens (including phenoxy) is 2. The van der Waals surface area contributed by atoms with Crippen molar-refractivity contribution in [2.75, 3.05) is 26.0 Å². The minimum atomic E-state index is -0.318. The van der Waals surface area contributed by atoms with Crippen molar-refractivity contribution in [3.05, 3.63) is 30.2 Å². The summed E-state index contributed by atoms with van der Waals surface area (Å²) in [6, 6.07) is 5.07. The van der Waals surface area contributed by atoms with E-state index in [-0.39, 0.29) is 29.2 Å². The van der Waals surface area contributed by atoms with Gasteiger partial charge in [0.05, 0.1) is 18.5 Å². The molecule has 1 aromatic heterocycles. The summed E-state index contributed by atoms with van der Waals surface area (Å²) in [7, 11) is 0. The Hall–Kier alpha value is -2.20. The third-order valence-electron chi connectivity index (χ3n) is 5.23. The molecule has 0 aliphatic carbocycles. The van der Waals surface area contributed by atoms with E-state index in [1.165, 1.54) is 17.8 Å². The van der Waals surface area contributed by atoms with Crippen LogP contribution in [0, 0.1) is 17.1 Å². The molecule has 0 saturated carbocycles. The normalized spacial score (nSPS) is 15.5. The molecule has 1 amide bonds. The molecule has 2 heterocycles. The number of benzene rings is 1. The van der Waals surface area contributed by atoms with Gasteiger partial charge in [0.1, 0.15) is 11.9 Å². The molecule has 1 fully saturated rings. The third kappa shape index (κ3) is 6.16. The van der Waals surface area contributed by atoms with E-state index < -0.39 is 0 Å². The van der Waals surface area contributed by atoms with Crippen molar-refractivity contribution < 1.29 is 18.7 Å². The molecule has 7 nitrogen and oxygen atoms in total. The number of hydrogen-bond donors (Lipinski definition) is 2. The Bertz CT molecular complexity index is 916. The van der Waals surface area contributed by atoms with E-state index in [0.717, 1.165) is 29.5 Å². The van der Waals surface area contributed by atoms with E-state index in [1.54, 1.807) is 24.1 Å². The number of piperidine rings is 1. The van der Waals surface area contributed by atoms with Crippen molar-refractivity contribution in [3.8, 4) is 11.3 Å². The number of imidazole rings is 1. The molecule has 10 heteroatoms. The van der Waals surface area contributed by atoms with Gasteiger partial charge >= 0.3 is 6.09 Å². The summed E-state index contributed by atoms with van der Waals surface area (Å²) in [5.41, 5.74) is 0.992. The average Bonchev–Trinajstić information content (AvgIpc) is 3.21. The smallest absolute Gasteiger partial charge is 0.409 e. The molecule has 1 aliphatic rings. The Kier molecular flexibility index (Phi) is 8.25. The SMILES string of the molecule is CCOC(=O)N1CCC(C(C)OC(=N)Sc2ncc(-c3ccc(SC)cc3F)[nH]2)CC1. The number of nitrogens with one attached hydrogen (secondary N) is 2. The van der Waals surface area contributed by atoms with Crippen LogP contribution in [0.25, 0.3) is 11.3 Å². The number of aromatic amines is 1. The Balaban J connectivity index is 1.51. The number of carbonyl (C=O) groups is 1. The number of aromatic nitrogens is 2. The summed E-state index contributed by atoms with van der Waals surface area (Å²) in [4.78, 5) is 21.7. The van der Waals surface area contributed by atoms with E-state index in [9.17, 15) is 9.18 Å². The van der Waals surface area contributed by atoms with Crippen molar-refractivity contribution in [2.45, 2.75) is 42.8 Å². The zero-order chi connectivity index (χ0) is 22.4. The van der Waals surface area contributed by atoms with Gasteiger partial charge in [0, 0.05) is 35.3 Å². The molecule has 1 aliphatic heterocycles. The highest BCUT2D eigenvalue weighted by molar-refractivity contribution is 8.13. The van der Waals surface area contributed by atoms with Crippen molar-refractivity contribution >= 4 is 34.8 Å². The Morgan fingerprint density at radius 1 is 1.42 bits per heavy atom. The summed E-state index contributed by atoms with van der Waals surface area (Å²) < 4.78 is 25.2. The highest BCUT2D eigenvalue weighted by atomic mass is 32.2. The Morgan fingerprint density at radius 2 is 2.16 bits per heavy atom. The van der Waals surface area contributed by atoms with E-state index in [0.29, 0.717) is 36.1 Å². The molecular formula is C21H27FN4O3S2. The number of likely N-dealkylation sites (tertiary alicyclic amines) is 1. The minimum absolute atomic E-state index is 0.0272. The van der Waals surface area contributed by atoms with Gasteiger partial charge in [0.2, 0.25) is 0 Å². The summed E-state index contributed by atoms with van der Waals surface area (Å²) in [6.07, 6.45) is 4.63. The van der Waals surface area contributed by atoms with Crippen LogP contribution in [0.2, 0.25) is 0 Å². The second-order valence-electron chi connectivity index (χ2n) is 7.18. The molecule has 0 bridgehead atoms. The zero-order valence-electron chi connectivity index (χ0n) is 17.8. The maximum atomic E-state index is 14.3. The Labute approximate surface area is 190 Å². The Morgan fingerprint density at radius 3 is 2.81 bits per heavy atom. The third-order valence-corrected chi connectivity index (χ3v) is 6.64. The fourth-order valence-electron chi connectivity index (χ4n) is 3.48. The highest BCUT2D eigenvalue weighted by Crippen LogP contribution is 2.29. The van der Waals surface area contributed by atoms with Crippen LogP contribution >= 0.6 is 23.5 Å². The van der Waals surface area contributed by atoms with Gasteiger partial charge < -0.3 is 19.4 Å². The van der Waals surface area contributed by atoms with Gasteiger partial charge in [0.15, 0.2) is 5.16 Å². The first kappa shape index (κ1) is 23.5. The lowest BCUT2D eigenvalue weighted by Crippen LogP contribution is -2.41. The fourth-order valence-corrected chi connectivity index (χ4v) is 4.54. The molecule has 1 atom stereocenters. The van der Waals surface area contributed by atoms with Crippen LogP contribution in [0.15, 0.2) is 34.4 Å². The van der Waals surface area contributed by atoms with Gasteiger partial charge in [-0.1, -0.05) is 0 Å². The van der Waals surface area contributed by atoms with Crippen LogP contribution in [0.3, 0.4) is 0 Å². The van der Waals surface area contributed by atoms with E-state index in [4.69, 9.17) is 14.9 Å². The second kappa shape index (κ2) is 10.9.